The van der Waals surface area contributed by atoms with E-state index in [9.17, 15) is 8.78 Å². The third-order valence-corrected chi connectivity index (χ3v) is 6.65. The van der Waals surface area contributed by atoms with Crippen molar-refractivity contribution in [2.45, 2.75) is 51.4 Å². The van der Waals surface area contributed by atoms with Gasteiger partial charge in [-0.15, -0.1) is 0 Å². The number of hydrogen-bond acceptors (Lipinski definition) is 1. The Balaban J connectivity index is 1.69. The monoisotopic (exact) mass is 362 g/mol. The molecule has 2 saturated carbocycles. The van der Waals surface area contributed by atoms with Crippen LogP contribution in [0.25, 0.3) is 10.8 Å². The Morgan fingerprint density at radius 3 is 2.38 bits per heavy atom. The summed E-state index contributed by atoms with van der Waals surface area (Å²) in [5, 5.41) is 0.0855. The van der Waals surface area contributed by atoms with Crippen LogP contribution in [0.5, 0.6) is 5.75 Å². The molecule has 0 N–H and O–H groups in total. The lowest BCUT2D eigenvalue weighted by atomic mass is 9.64. The van der Waals surface area contributed by atoms with Crippen molar-refractivity contribution in [1.82, 2.24) is 0 Å². The van der Waals surface area contributed by atoms with Crippen LogP contribution in [0.4, 0.5) is 13.2 Å². The average molecular weight is 362 g/mol. The molecule has 0 spiro atoms. The Kier molecular flexibility index (Phi) is 4.62. The summed E-state index contributed by atoms with van der Waals surface area (Å²) in [5.74, 6) is -0.807. The van der Waals surface area contributed by atoms with Gasteiger partial charge in [0.15, 0.2) is 11.6 Å². The number of benzene rings is 2. The molecular formula is C22H25F3O. The molecular weight excluding hydrogens is 337 g/mol. The summed E-state index contributed by atoms with van der Waals surface area (Å²) in [4.78, 5) is 0. The van der Waals surface area contributed by atoms with Gasteiger partial charge < -0.3 is 4.74 Å². The summed E-state index contributed by atoms with van der Waals surface area (Å²) in [6.45, 7) is 2.32. The van der Waals surface area contributed by atoms with Crippen molar-refractivity contribution in [3.05, 3.63) is 41.2 Å². The maximum atomic E-state index is 15.2. The van der Waals surface area contributed by atoms with Gasteiger partial charge in [-0.3, -0.25) is 0 Å². The van der Waals surface area contributed by atoms with Gasteiger partial charge in [0.05, 0.1) is 12.5 Å². The van der Waals surface area contributed by atoms with E-state index < -0.39 is 17.5 Å². The molecule has 26 heavy (non-hydrogen) atoms. The molecule has 4 rings (SSSR count). The number of fused-ring (bicyclic) bond motifs is 2. The van der Waals surface area contributed by atoms with Crippen LogP contribution >= 0.6 is 0 Å². The lowest BCUT2D eigenvalue weighted by Crippen LogP contribution is -2.30. The molecule has 2 aliphatic carbocycles. The molecule has 0 amide bonds. The fraction of sp³-hybridized carbons (Fsp3) is 0.545. The van der Waals surface area contributed by atoms with Crippen molar-refractivity contribution in [3.8, 4) is 5.75 Å². The second-order valence-corrected chi connectivity index (χ2v) is 8.22. The number of rotatable bonds is 2. The molecule has 0 bridgehead atoms. The highest BCUT2D eigenvalue weighted by molar-refractivity contribution is 5.86. The van der Waals surface area contributed by atoms with Crippen molar-refractivity contribution in [1.29, 1.82) is 0 Å². The lowest BCUT2D eigenvalue weighted by Gasteiger charge is -2.41. The molecule has 2 aliphatic rings. The maximum Gasteiger partial charge on any atom is 0.201 e. The van der Waals surface area contributed by atoms with Crippen LogP contribution in [0.3, 0.4) is 0 Å². The largest absolute Gasteiger partial charge is 0.494 e. The van der Waals surface area contributed by atoms with Gasteiger partial charge in [-0.25, -0.2) is 8.78 Å². The lowest BCUT2D eigenvalue weighted by molar-refractivity contribution is 0.124. The second-order valence-electron chi connectivity index (χ2n) is 8.22. The molecule has 0 radical (unpaired) electrons. The molecule has 0 saturated heterocycles. The Hall–Kier alpha value is -1.71. The Bertz CT molecular complexity index is 832. The molecule has 0 aromatic heterocycles. The van der Waals surface area contributed by atoms with E-state index in [4.69, 9.17) is 4.74 Å². The van der Waals surface area contributed by atoms with Crippen LogP contribution in [-0.2, 0) is 0 Å². The van der Waals surface area contributed by atoms with E-state index in [-0.39, 0.29) is 17.1 Å². The quantitative estimate of drug-likeness (QED) is 0.586. The highest BCUT2D eigenvalue weighted by Gasteiger charge is 2.36. The number of hydrogen-bond donors (Lipinski definition) is 0. The van der Waals surface area contributed by atoms with Gasteiger partial charge in [0.2, 0.25) is 5.82 Å². The van der Waals surface area contributed by atoms with Crippen LogP contribution in [0.2, 0.25) is 0 Å². The van der Waals surface area contributed by atoms with Gasteiger partial charge in [-0.05, 0) is 72.8 Å². The number of ether oxygens (including phenoxy) is 1. The van der Waals surface area contributed by atoms with Crippen molar-refractivity contribution in [2.75, 3.05) is 7.11 Å². The Labute approximate surface area is 152 Å². The third-order valence-electron chi connectivity index (χ3n) is 6.65. The van der Waals surface area contributed by atoms with Gasteiger partial charge in [0, 0.05) is 0 Å². The van der Waals surface area contributed by atoms with E-state index in [1.807, 2.05) is 0 Å². The van der Waals surface area contributed by atoms with Crippen LogP contribution in [-0.4, -0.2) is 7.11 Å². The Morgan fingerprint density at radius 2 is 1.62 bits per heavy atom. The normalized spacial score (nSPS) is 28.8. The molecule has 2 aromatic rings. The molecule has 4 heteroatoms. The first-order valence-electron chi connectivity index (χ1n) is 9.63. The molecule has 2 fully saturated rings. The fourth-order valence-electron chi connectivity index (χ4n) is 5.24. The number of methoxy groups -OCH3 is 1. The van der Waals surface area contributed by atoms with Crippen molar-refractivity contribution in [3.63, 3.8) is 0 Å². The van der Waals surface area contributed by atoms with Gasteiger partial charge in [-0.1, -0.05) is 25.5 Å². The first-order valence-corrected chi connectivity index (χ1v) is 9.63. The fourth-order valence-corrected chi connectivity index (χ4v) is 5.24. The van der Waals surface area contributed by atoms with E-state index in [0.29, 0.717) is 16.9 Å². The minimum Gasteiger partial charge on any atom is -0.494 e. The second kappa shape index (κ2) is 6.79. The summed E-state index contributed by atoms with van der Waals surface area (Å²) in [6, 6.07) is 4.80. The highest BCUT2D eigenvalue weighted by Crippen LogP contribution is 2.48. The predicted molar refractivity (Wildman–Crippen MR) is 97.0 cm³/mol. The topological polar surface area (TPSA) is 9.23 Å². The zero-order valence-corrected chi connectivity index (χ0v) is 15.3. The molecule has 1 nitrogen and oxygen atoms in total. The predicted octanol–water partition coefficient (Wildman–Crippen LogP) is 6.59. The zero-order chi connectivity index (χ0) is 18.4. The first-order chi connectivity index (χ1) is 12.5. The maximum absolute atomic E-state index is 15.2. The molecule has 4 atom stereocenters. The zero-order valence-electron chi connectivity index (χ0n) is 15.3. The van der Waals surface area contributed by atoms with Crippen molar-refractivity contribution < 1.29 is 17.9 Å². The Morgan fingerprint density at radius 1 is 0.885 bits per heavy atom. The average Bonchev–Trinajstić information content (AvgIpc) is 2.64. The van der Waals surface area contributed by atoms with Crippen molar-refractivity contribution >= 4 is 10.8 Å². The highest BCUT2D eigenvalue weighted by atomic mass is 19.2. The molecule has 0 heterocycles. The molecule has 4 unspecified atom stereocenters. The smallest absolute Gasteiger partial charge is 0.201 e. The summed E-state index contributed by atoms with van der Waals surface area (Å²) in [7, 11) is 1.28. The van der Waals surface area contributed by atoms with Gasteiger partial charge in [-0.2, -0.15) is 4.39 Å². The van der Waals surface area contributed by atoms with Crippen LogP contribution in [0.15, 0.2) is 18.2 Å². The minimum atomic E-state index is -1.15. The number of halogens is 3. The summed E-state index contributed by atoms with van der Waals surface area (Å²) >= 11 is 0. The van der Waals surface area contributed by atoms with E-state index in [1.165, 1.54) is 32.4 Å². The van der Waals surface area contributed by atoms with E-state index in [1.54, 1.807) is 12.1 Å². The van der Waals surface area contributed by atoms with E-state index in [0.717, 1.165) is 31.1 Å². The van der Waals surface area contributed by atoms with Gasteiger partial charge >= 0.3 is 0 Å². The van der Waals surface area contributed by atoms with E-state index in [2.05, 4.69) is 6.92 Å². The van der Waals surface area contributed by atoms with Crippen LogP contribution in [0, 0.1) is 35.2 Å². The third kappa shape index (κ3) is 2.87. The molecule has 2 aromatic carbocycles. The summed E-state index contributed by atoms with van der Waals surface area (Å²) < 4.78 is 48.6. The van der Waals surface area contributed by atoms with E-state index >= 15 is 4.39 Å². The molecule has 140 valence electrons. The van der Waals surface area contributed by atoms with Crippen LogP contribution in [0.1, 0.15) is 56.9 Å². The standard InChI is InChI=1S/C22H25F3O/c1-12-3-4-14-10-15(6-5-13(14)9-12)17-8-7-16-11-18(26-2)21(24)22(25)19(16)20(17)23/h7-8,11-15H,3-6,9-10H2,1-2H3. The van der Waals surface area contributed by atoms with Gasteiger partial charge in [0.25, 0.3) is 0 Å². The molecule has 0 aliphatic heterocycles. The SMILES string of the molecule is COc1cc2ccc(C3CCC4CC(C)CCC4C3)c(F)c2c(F)c1F. The first kappa shape index (κ1) is 17.7. The summed E-state index contributed by atoms with van der Waals surface area (Å²) in [5.41, 5.74) is 0.540. The van der Waals surface area contributed by atoms with Crippen LogP contribution < -0.4 is 4.74 Å². The summed E-state index contributed by atoms with van der Waals surface area (Å²) in [6.07, 6.45) is 6.72. The van der Waals surface area contributed by atoms with Crippen molar-refractivity contribution in [2.24, 2.45) is 17.8 Å². The minimum absolute atomic E-state index is 0.0959. The van der Waals surface area contributed by atoms with Gasteiger partial charge in [0.1, 0.15) is 5.82 Å².